The van der Waals surface area contributed by atoms with Crippen molar-refractivity contribution in [1.29, 1.82) is 0 Å². The van der Waals surface area contributed by atoms with E-state index in [2.05, 4.69) is 20.1 Å². The van der Waals surface area contributed by atoms with Crippen LogP contribution in [0.1, 0.15) is 38.7 Å². The summed E-state index contributed by atoms with van der Waals surface area (Å²) in [5, 5.41) is 16.0. The predicted octanol–water partition coefficient (Wildman–Crippen LogP) is 4.79. The van der Waals surface area contributed by atoms with Crippen LogP contribution < -0.4 is 0 Å². The lowest BCUT2D eigenvalue weighted by Gasteiger charge is -1.91. The largest absolute Gasteiger partial charge is 0.478 e. The summed E-state index contributed by atoms with van der Waals surface area (Å²) in [7, 11) is 0. The number of carbonyl (C=O) groups is 2. The molecule has 126 valence electrons. The average molecular weight is 318 g/mol. The van der Waals surface area contributed by atoms with Gasteiger partial charge in [0.25, 0.3) is 0 Å². The Morgan fingerprint density at radius 1 is 1.13 bits per heavy atom. The van der Waals surface area contributed by atoms with E-state index in [1.807, 2.05) is 36.4 Å². The van der Waals surface area contributed by atoms with E-state index in [4.69, 9.17) is 10.2 Å². The van der Waals surface area contributed by atoms with Crippen molar-refractivity contribution in [3.05, 3.63) is 66.8 Å². The van der Waals surface area contributed by atoms with Crippen LogP contribution in [0.15, 0.2) is 61.2 Å². The van der Waals surface area contributed by atoms with Crippen LogP contribution in [0.4, 0.5) is 0 Å². The Hall–Kier alpha value is -2.62. The second-order valence-electron chi connectivity index (χ2n) is 4.49. The molecule has 0 aromatic heterocycles. The molecular formula is C19H26O4. The molecule has 4 nitrogen and oxygen atoms in total. The maximum Gasteiger partial charge on any atom is 0.330 e. The lowest BCUT2D eigenvalue weighted by molar-refractivity contribution is -0.133. The molecule has 0 atom stereocenters. The summed E-state index contributed by atoms with van der Waals surface area (Å²) in [5.41, 5.74) is 1.63. The molecule has 0 bridgehead atoms. The van der Waals surface area contributed by atoms with E-state index < -0.39 is 11.9 Å². The standard InChI is InChI=1S/C8H14O2.C8H8.C3H4O2/c1-3-4-5-6-7(2)8(9)10;1-2-8-6-4-3-5-7-8;1-2-3(4)5/h6H,3-5H2,1-2H3,(H,9,10);2-7H,1H2;2H,1H2,(H,4,5). The zero-order valence-corrected chi connectivity index (χ0v) is 13.9. The molecule has 0 aliphatic rings. The molecule has 0 heterocycles. The summed E-state index contributed by atoms with van der Waals surface area (Å²) in [6.45, 7) is 10.3. The van der Waals surface area contributed by atoms with Crippen LogP contribution in [-0.2, 0) is 9.59 Å². The highest BCUT2D eigenvalue weighted by molar-refractivity contribution is 5.85. The Bertz CT molecular complexity index is 501. The van der Waals surface area contributed by atoms with Gasteiger partial charge in [-0.1, -0.05) is 75.4 Å². The Labute approximate surface area is 138 Å². The van der Waals surface area contributed by atoms with Crippen LogP contribution in [0.3, 0.4) is 0 Å². The van der Waals surface area contributed by atoms with Gasteiger partial charge in [0, 0.05) is 11.6 Å². The van der Waals surface area contributed by atoms with Gasteiger partial charge in [-0.2, -0.15) is 0 Å². The van der Waals surface area contributed by atoms with Crippen molar-refractivity contribution in [1.82, 2.24) is 0 Å². The topological polar surface area (TPSA) is 74.6 Å². The molecule has 0 aliphatic heterocycles. The number of carboxylic acid groups (broad SMARTS) is 2. The van der Waals surface area contributed by atoms with Crippen LogP contribution in [-0.4, -0.2) is 22.2 Å². The van der Waals surface area contributed by atoms with Crippen LogP contribution in [0, 0.1) is 0 Å². The summed E-state index contributed by atoms with van der Waals surface area (Å²) in [6, 6.07) is 10.0. The van der Waals surface area contributed by atoms with E-state index >= 15 is 0 Å². The van der Waals surface area contributed by atoms with Crippen molar-refractivity contribution < 1.29 is 19.8 Å². The van der Waals surface area contributed by atoms with Gasteiger partial charge in [-0.25, -0.2) is 9.59 Å². The van der Waals surface area contributed by atoms with E-state index in [9.17, 15) is 9.59 Å². The van der Waals surface area contributed by atoms with Crippen molar-refractivity contribution in [2.24, 2.45) is 0 Å². The smallest absolute Gasteiger partial charge is 0.330 e. The SMILES string of the molecule is C=CC(=O)O.C=Cc1ccccc1.CCCCC=C(C)C(=O)O. The summed E-state index contributed by atoms with van der Waals surface area (Å²) in [5.74, 6) is -1.79. The number of aliphatic carboxylic acids is 2. The predicted molar refractivity (Wildman–Crippen MR) is 95.3 cm³/mol. The Morgan fingerprint density at radius 2 is 1.65 bits per heavy atom. The molecule has 1 aromatic rings. The zero-order valence-electron chi connectivity index (χ0n) is 13.9. The maximum atomic E-state index is 10.2. The Kier molecular flexibility index (Phi) is 15.5. The quantitative estimate of drug-likeness (QED) is 0.584. The third-order valence-electron chi connectivity index (χ3n) is 2.56. The second kappa shape index (κ2) is 15.8. The number of allylic oxidation sites excluding steroid dienone is 1. The van der Waals surface area contributed by atoms with Gasteiger partial charge < -0.3 is 10.2 Å². The minimum atomic E-state index is -0.981. The van der Waals surface area contributed by atoms with Gasteiger partial charge in [-0.15, -0.1) is 0 Å². The molecule has 0 radical (unpaired) electrons. The van der Waals surface area contributed by atoms with Crippen molar-refractivity contribution in [3.8, 4) is 0 Å². The maximum absolute atomic E-state index is 10.2. The van der Waals surface area contributed by atoms with Crippen molar-refractivity contribution >= 4 is 18.0 Å². The number of benzene rings is 1. The molecule has 23 heavy (non-hydrogen) atoms. The number of hydrogen-bond acceptors (Lipinski definition) is 2. The lowest BCUT2D eigenvalue weighted by atomic mass is 10.2. The first kappa shape index (κ1) is 22.7. The monoisotopic (exact) mass is 318 g/mol. The fraction of sp³-hybridized carbons (Fsp3) is 0.263. The Balaban J connectivity index is 0. The van der Waals surface area contributed by atoms with E-state index in [1.165, 1.54) is 5.56 Å². The summed E-state index contributed by atoms with van der Waals surface area (Å²) >= 11 is 0. The Morgan fingerprint density at radius 3 is 1.96 bits per heavy atom. The molecular weight excluding hydrogens is 292 g/mol. The third kappa shape index (κ3) is 17.3. The van der Waals surface area contributed by atoms with Crippen LogP contribution in [0.25, 0.3) is 6.08 Å². The van der Waals surface area contributed by atoms with E-state index in [-0.39, 0.29) is 0 Å². The molecule has 2 N–H and O–H groups in total. The van der Waals surface area contributed by atoms with Crippen molar-refractivity contribution in [2.45, 2.75) is 33.1 Å². The molecule has 0 saturated heterocycles. The van der Waals surface area contributed by atoms with Gasteiger partial charge in [-0.05, 0) is 18.9 Å². The average Bonchev–Trinajstić information content (AvgIpc) is 2.56. The summed E-state index contributed by atoms with van der Waals surface area (Å²) in [6.07, 6.45) is 7.51. The van der Waals surface area contributed by atoms with Crippen molar-refractivity contribution in [3.63, 3.8) is 0 Å². The lowest BCUT2D eigenvalue weighted by Crippen LogP contribution is -1.95. The molecule has 0 spiro atoms. The third-order valence-corrected chi connectivity index (χ3v) is 2.56. The summed E-state index contributed by atoms with van der Waals surface area (Å²) in [4.78, 5) is 19.5. The van der Waals surface area contributed by atoms with Gasteiger partial charge in [0.15, 0.2) is 0 Å². The van der Waals surface area contributed by atoms with E-state index in [0.717, 1.165) is 25.3 Å². The zero-order chi connectivity index (χ0) is 18.1. The molecule has 1 rings (SSSR count). The van der Waals surface area contributed by atoms with Crippen molar-refractivity contribution in [2.75, 3.05) is 0 Å². The van der Waals surface area contributed by atoms with E-state index in [1.54, 1.807) is 13.0 Å². The highest BCUT2D eigenvalue weighted by atomic mass is 16.4. The van der Waals surface area contributed by atoms with Crippen LogP contribution in [0.5, 0.6) is 0 Å². The first-order valence-corrected chi connectivity index (χ1v) is 7.31. The molecule has 4 heteroatoms. The number of hydrogen-bond donors (Lipinski definition) is 2. The molecule has 0 fully saturated rings. The van der Waals surface area contributed by atoms with Gasteiger partial charge in [0.1, 0.15) is 0 Å². The number of unbranched alkanes of at least 4 members (excludes halogenated alkanes) is 2. The molecule has 0 unspecified atom stereocenters. The summed E-state index contributed by atoms with van der Waals surface area (Å²) < 4.78 is 0. The fourth-order valence-corrected chi connectivity index (χ4v) is 1.20. The highest BCUT2D eigenvalue weighted by Gasteiger charge is 1.96. The molecule has 1 aromatic carbocycles. The van der Waals surface area contributed by atoms with Gasteiger partial charge >= 0.3 is 11.9 Å². The first-order valence-electron chi connectivity index (χ1n) is 7.31. The normalized spacial score (nSPS) is 9.39. The highest BCUT2D eigenvalue weighted by Crippen LogP contribution is 2.00. The van der Waals surface area contributed by atoms with Crippen LogP contribution in [0.2, 0.25) is 0 Å². The number of rotatable bonds is 6. The molecule has 0 aliphatic carbocycles. The molecule has 0 saturated carbocycles. The van der Waals surface area contributed by atoms with E-state index in [0.29, 0.717) is 5.57 Å². The molecule has 0 amide bonds. The fourth-order valence-electron chi connectivity index (χ4n) is 1.20. The minimum absolute atomic E-state index is 0.452. The van der Waals surface area contributed by atoms with Crippen LogP contribution >= 0.6 is 0 Å². The number of carboxylic acids is 2. The van der Waals surface area contributed by atoms with Gasteiger partial charge in [-0.3, -0.25) is 0 Å². The minimum Gasteiger partial charge on any atom is -0.478 e. The van der Waals surface area contributed by atoms with Gasteiger partial charge in [0.2, 0.25) is 0 Å². The van der Waals surface area contributed by atoms with Gasteiger partial charge in [0.05, 0.1) is 0 Å². The first-order chi connectivity index (χ1) is 10.9. The second-order valence-corrected chi connectivity index (χ2v) is 4.49.